The van der Waals surface area contributed by atoms with Crippen LogP contribution in [0.3, 0.4) is 0 Å². The molecule has 0 radical (unpaired) electrons. The summed E-state index contributed by atoms with van der Waals surface area (Å²) in [6.07, 6.45) is 2.74. The topological polar surface area (TPSA) is 70.6 Å². The van der Waals surface area contributed by atoms with Crippen LogP contribution in [0.4, 0.5) is 0 Å². The maximum atomic E-state index is 9.31. The fraction of sp³-hybridized carbons (Fsp3) is 0.900. The molecule has 82 valence electrons. The Balaban J connectivity index is 2.24. The lowest BCUT2D eigenvalue weighted by Crippen LogP contribution is -2.37. The maximum Gasteiger partial charge on any atom is 0.188 e. The minimum atomic E-state index is -0.116. The predicted octanol–water partition coefficient (Wildman–Crippen LogP) is 0.460. The Labute approximate surface area is 85.6 Å². The predicted molar refractivity (Wildman–Crippen MR) is 58.1 cm³/mol. The van der Waals surface area contributed by atoms with Gasteiger partial charge in [-0.1, -0.05) is 0 Å². The van der Waals surface area contributed by atoms with Gasteiger partial charge in [0.25, 0.3) is 0 Å². The largest absolute Gasteiger partial charge is 0.393 e. The minimum absolute atomic E-state index is 0.116. The molecule has 4 N–H and O–H groups in total. The summed E-state index contributed by atoms with van der Waals surface area (Å²) >= 11 is 0. The van der Waals surface area contributed by atoms with Crippen molar-refractivity contribution in [2.24, 2.45) is 16.6 Å². The number of rotatable bonds is 3. The molecule has 1 aliphatic carbocycles. The van der Waals surface area contributed by atoms with Crippen LogP contribution in [-0.4, -0.2) is 29.8 Å². The van der Waals surface area contributed by atoms with Gasteiger partial charge in [0.15, 0.2) is 5.96 Å². The molecule has 0 spiro atoms. The van der Waals surface area contributed by atoms with E-state index in [9.17, 15) is 5.11 Å². The van der Waals surface area contributed by atoms with Crippen LogP contribution < -0.4 is 11.1 Å². The number of aliphatic hydroxyl groups is 1. The average molecular weight is 199 g/mol. The number of hydrogen-bond acceptors (Lipinski definition) is 2. The summed E-state index contributed by atoms with van der Waals surface area (Å²) in [5, 5.41) is 12.4. The van der Waals surface area contributed by atoms with Crippen LogP contribution in [0.1, 0.15) is 33.1 Å². The number of guanidine groups is 1. The Hall–Kier alpha value is -0.770. The number of aliphatic hydroxyl groups excluding tert-OH is 1. The van der Waals surface area contributed by atoms with E-state index < -0.39 is 0 Å². The SMILES string of the molecule is CC(C)NC(N)=NCC1CCC(O)C1. The lowest BCUT2D eigenvalue weighted by atomic mass is 10.1. The highest BCUT2D eigenvalue weighted by molar-refractivity contribution is 5.78. The van der Waals surface area contributed by atoms with Gasteiger partial charge >= 0.3 is 0 Å². The molecule has 2 atom stereocenters. The molecule has 1 saturated carbocycles. The van der Waals surface area contributed by atoms with Gasteiger partial charge in [-0.05, 0) is 39.0 Å². The fourth-order valence-electron chi connectivity index (χ4n) is 1.78. The molecule has 1 fully saturated rings. The number of nitrogens with zero attached hydrogens (tertiary/aromatic N) is 1. The molecule has 0 aromatic rings. The van der Waals surface area contributed by atoms with Crippen LogP contribution in [0.5, 0.6) is 0 Å². The third-order valence-electron chi connectivity index (χ3n) is 2.47. The van der Waals surface area contributed by atoms with Gasteiger partial charge in [0, 0.05) is 12.6 Å². The van der Waals surface area contributed by atoms with Crippen LogP contribution in [0.2, 0.25) is 0 Å². The summed E-state index contributed by atoms with van der Waals surface area (Å²) < 4.78 is 0. The Bertz CT molecular complexity index is 204. The molecule has 0 aromatic carbocycles. The van der Waals surface area contributed by atoms with Gasteiger partial charge in [0.1, 0.15) is 0 Å². The van der Waals surface area contributed by atoms with Crippen LogP contribution in [0, 0.1) is 5.92 Å². The first-order chi connectivity index (χ1) is 6.58. The summed E-state index contributed by atoms with van der Waals surface area (Å²) in [7, 11) is 0. The van der Waals surface area contributed by atoms with Crippen molar-refractivity contribution in [2.75, 3.05) is 6.54 Å². The summed E-state index contributed by atoms with van der Waals surface area (Å²) in [5.74, 6) is 1.03. The smallest absolute Gasteiger partial charge is 0.188 e. The van der Waals surface area contributed by atoms with Crippen LogP contribution >= 0.6 is 0 Å². The first-order valence-electron chi connectivity index (χ1n) is 5.32. The Morgan fingerprint density at radius 1 is 1.57 bits per heavy atom. The van der Waals surface area contributed by atoms with Crippen LogP contribution in [-0.2, 0) is 0 Å². The highest BCUT2D eigenvalue weighted by atomic mass is 16.3. The Morgan fingerprint density at radius 3 is 2.79 bits per heavy atom. The first kappa shape index (κ1) is 11.3. The average Bonchev–Trinajstić information content (AvgIpc) is 2.47. The van der Waals surface area contributed by atoms with Crippen molar-refractivity contribution in [2.45, 2.75) is 45.3 Å². The molecule has 0 bridgehead atoms. The lowest BCUT2D eigenvalue weighted by molar-refractivity contribution is 0.178. The second-order valence-electron chi connectivity index (χ2n) is 4.36. The van der Waals surface area contributed by atoms with Gasteiger partial charge in [0.05, 0.1) is 6.10 Å². The van der Waals surface area contributed by atoms with E-state index in [2.05, 4.69) is 10.3 Å². The number of aliphatic imine (C=N–C) groups is 1. The van der Waals surface area contributed by atoms with E-state index in [1.165, 1.54) is 0 Å². The molecule has 4 nitrogen and oxygen atoms in total. The highest BCUT2D eigenvalue weighted by Gasteiger charge is 2.22. The maximum absolute atomic E-state index is 9.31. The summed E-state index contributed by atoms with van der Waals surface area (Å²) in [5.41, 5.74) is 5.66. The quantitative estimate of drug-likeness (QED) is 0.457. The van der Waals surface area contributed by atoms with E-state index in [0.29, 0.717) is 17.9 Å². The summed E-state index contributed by atoms with van der Waals surface area (Å²) in [6.45, 7) is 4.80. The minimum Gasteiger partial charge on any atom is -0.393 e. The van der Waals surface area contributed by atoms with Crippen molar-refractivity contribution in [3.8, 4) is 0 Å². The molecule has 0 aliphatic heterocycles. The van der Waals surface area contributed by atoms with Gasteiger partial charge < -0.3 is 16.2 Å². The molecule has 0 heterocycles. The third kappa shape index (κ3) is 3.96. The molecule has 0 amide bonds. The highest BCUT2D eigenvalue weighted by Crippen LogP contribution is 2.25. The summed E-state index contributed by atoms with van der Waals surface area (Å²) in [6, 6.07) is 0.327. The molecular formula is C10H21N3O. The zero-order valence-electron chi connectivity index (χ0n) is 9.03. The van der Waals surface area contributed by atoms with Crippen molar-refractivity contribution >= 4 is 5.96 Å². The Kier molecular flexibility index (Phi) is 4.20. The van der Waals surface area contributed by atoms with E-state index >= 15 is 0 Å². The molecule has 14 heavy (non-hydrogen) atoms. The molecule has 4 heteroatoms. The lowest BCUT2D eigenvalue weighted by Gasteiger charge is -2.10. The molecule has 1 aliphatic rings. The summed E-state index contributed by atoms with van der Waals surface area (Å²) in [4.78, 5) is 4.25. The van der Waals surface area contributed by atoms with Crippen molar-refractivity contribution in [3.63, 3.8) is 0 Å². The second-order valence-corrected chi connectivity index (χ2v) is 4.36. The van der Waals surface area contributed by atoms with Crippen molar-refractivity contribution in [3.05, 3.63) is 0 Å². The Morgan fingerprint density at radius 2 is 2.29 bits per heavy atom. The standard InChI is InChI=1S/C10H21N3O/c1-7(2)13-10(11)12-6-8-3-4-9(14)5-8/h7-9,14H,3-6H2,1-2H3,(H3,11,12,13). The van der Waals surface area contributed by atoms with Gasteiger partial charge in [-0.2, -0.15) is 0 Å². The number of nitrogens with one attached hydrogen (secondary N) is 1. The molecule has 0 aromatic heterocycles. The second kappa shape index (κ2) is 5.20. The van der Waals surface area contributed by atoms with Crippen molar-refractivity contribution in [1.29, 1.82) is 0 Å². The van der Waals surface area contributed by atoms with Gasteiger partial charge in [-0.15, -0.1) is 0 Å². The van der Waals surface area contributed by atoms with Crippen molar-refractivity contribution in [1.82, 2.24) is 5.32 Å². The number of hydrogen-bond donors (Lipinski definition) is 3. The van der Waals surface area contributed by atoms with Gasteiger partial charge in [0.2, 0.25) is 0 Å². The van der Waals surface area contributed by atoms with Crippen LogP contribution in [0.15, 0.2) is 4.99 Å². The van der Waals surface area contributed by atoms with E-state index in [4.69, 9.17) is 5.73 Å². The normalized spacial score (nSPS) is 28.4. The molecule has 1 rings (SSSR count). The fourth-order valence-corrected chi connectivity index (χ4v) is 1.78. The van der Waals surface area contributed by atoms with Gasteiger partial charge in [-0.25, -0.2) is 0 Å². The van der Waals surface area contributed by atoms with Crippen LogP contribution in [0.25, 0.3) is 0 Å². The van der Waals surface area contributed by atoms with Crippen molar-refractivity contribution < 1.29 is 5.11 Å². The van der Waals surface area contributed by atoms with E-state index in [-0.39, 0.29) is 6.10 Å². The zero-order chi connectivity index (χ0) is 10.6. The van der Waals surface area contributed by atoms with E-state index in [0.717, 1.165) is 25.8 Å². The van der Waals surface area contributed by atoms with Gasteiger partial charge in [-0.3, -0.25) is 4.99 Å². The zero-order valence-corrected chi connectivity index (χ0v) is 9.03. The number of nitrogens with two attached hydrogens (primary N) is 1. The monoisotopic (exact) mass is 199 g/mol. The first-order valence-corrected chi connectivity index (χ1v) is 5.32. The molecular weight excluding hydrogens is 178 g/mol. The third-order valence-corrected chi connectivity index (χ3v) is 2.47. The van der Waals surface area contributed by atoms with E-state index in [1.54, 1.807) is 0 Å². The molecule has 2 unspecified atom stereocenters. The molecule has 0 saturated heterocycles. The van der Waals surface area contributed by atoms with E-state index in [1.807, 2.05) is 13.8 Å².